The van der Waals surface area contributed by atoms with Gasteiger partial charge in [0.15, 0.2) is 0 Å². The molecule has 1 N–H and O–H groups in total. The largest absolute Gasteiger partial charge is 0.464 e. The molecule has 1 saturated heterocycles. The number of hydrogen-bond donors (Lipinski definition) is 1. The Bertz CT molecular complexity index is 1010. The van der Waals surface area contributed by atoms with E-state index in [1.54, 1.807) is 23.1 Å². The van der Waals surface area contributed by atoms with Crippen LogP contribution in [0.5, 0.6) is 0 Å². The van der Waals surface area contributed by atoms with Crippen molar-refractivity contribution in [1.29, 1.82) is 0 Å². The molecule has 0 saturated carbocycles. The minimum Gasteiger partial charge on any atom is -0.464 e. The van der Waals surface area contributed by atoms with Gasteiger partial charge in [-0.25, -0.2) is 0 Å². The summed E-state index contributed by atoms with van der Waals surface area (Å²) < 4.78 is 7.43. The SMILES string of the molecule is CNC(=O)CCC(=O)OCCN1CCN(C(=O)Cn2c(=O)sc3ccc(Cl)cc32)CC1. The van der Waals surface area contributed by atoms with Crippen LogP contribution in [0.4, 0.5) is 0 Å². The first-order chi connectivity index (χ1) is 14.9. The highest BCUT2D eigenvalue weighted by molar-refractivity contribution is 7.16. The van der Waals surface area contributed by atoms with Crippen LogP contribution in [0.1, 0.15) is 12.8 Å². The Kier molecular flexibility index (Phi) is 8.05. The van der Waals surface area contributed by atoms with Gasteiger partial charge < -0.3 is 15.0 Å². The first kappa shape index (κ1) is 23.2. The van der Waals surface area contributed by atoms with E-state index in [4.69, 9.17) is 16.3 Å². The second-order valence-corrected chi connectivity index (χ2v) is 8.61. The molecule has 9 nitrogen and oxygen atoms in total. The van der Waals surface area contributed by atoms with Gasteiger partial charge in [0.1, 0.15) is 13.2 Å². The molecule has 3 rings (SSSR count). The molecule has 1 aliphatic rings. The number of thiazole rings is 1. The molecular formula is C20H25ClN4O5S. The van der Waals surface area contributed by atoms with E-state index in [9.17, 15) is 19.2 Å². The number of hydrogen-bond acceptors (Lipinski definition) is 7. The summed E-state index contributed by atoms with van der Waals surface area (Å²) in [7, 11) is 1.52. The minimum atomic E-state index is -0.397. The summed E-state index contributed by atoms with van der Waals surface area (Å²) in [5.74, 6) is -0.702. The Morgan fingerprint density at radius 2 is 1.90 bits per heavy atom. The maximum absolute atomic E-state index is 12.7. The summed E-state index contributed by atoms with van der Waals surface area (Å²) in [6.45, 7) is 3.21. The maximum atomic E-state index is 12.7. The number of halogens is 1. The molecule has 11 heteroatoms. The van der Waals surface area contributed by atoms with Crippen LogP contribution in [-0.2, 0) is 25.7 Å². The molecule has 168 valence electrons. The van der Waals surface area contributed by atoms with Crippen LogP contribution >= 0.6 is 22.9 Å². The first-order valence-corrected chi connectivity index (χ1v) is 11.2. The summed E-state index contributed by atoms with van der Waals surface area (Å²) in [6, 6.07) is 5.22. The molecule has 0 aliphatic carbocycles. The second-order valence-electron chi connectivity index (χ2n) is 7.18. The van der Waals surface area contributed by atoms with E-state index < -0.39 is 5.97 Å². The summed E-state index contributed by atoms with van der Waals surface area (Å²) >= 11 is 7.14. The molecule has 1 aliphatic heterocycles. The molecule has 0 bridgehead atoms. The van der Waals surface area contributed by atoms with E-state index in [1.165, 1.54) is 11.6 Å². The highest BCUT2D eigenvalue weighted by Gasteiger charge is 2.22. The lowest BCUT2D eigenvalue weighted by molar-refractivity contribution is -0.145. The maximum Gasteiger partial charge on any atom is 0.308 e. The number of piperazine rings is 1. The zero-order chi connectivity index (χ0) is 22.4. The fourth-order valence-electron chi connectivity index (χ4n) is 3.34. The lowest BCUT2D eigenvalue weighted by Gasteiger charge is -2.34. The Hall–Kier alpha value is -2.43. The topological polar surface area (TPSA) is 101 Å². The van der Waals surface area contributed by atoms with Gasteiger partial charge in [-0.1, -0.05) is 22.9 Å². The lowest BCUT2D eigenvalue weighted by Crippen LogP contribution is -2.50. The van der Waals surface area contributed by atoms with Crippen molar-refractivity contribution in [2.45, 2.75) is 19.4 Å². The summed E-state index contributed by atoms with van der Waals surface area (Å²) in [4.78, 5) is 51.5. The Morgan fingerprint density at radius 3 is 2.61 bits per heavy atom. The highest BCUT2D eigenvalue weighted by atomic mass is 35.5. The fourth-order valence-corrected chi connectivity index (χ4v) is 4.38. The number of nitrogens with one attached hydrogen (secondary N) is 1. The van der Waals surface area contributed by atoms with Crippen LogP contribution in [0.25, 0.3) is 10.2 Å². The van der Waals surface area contributed by atoms with Crippen LogP contribution in [-0.4, -0.2) is 78.5 Å². The van der Waals surface area contributed by atoms with Crippen molar-refractivity contribution < 1.29 is 19.1 Å². The Morgan fingerprint density at radius 1 is 1.16 bits per heavy atom. The molecule has 31 heavy (non-hydrogen) atoms. The normalized spacial score (nSPS) is 14.6. The molecular weight excluding hydrogens is 444 g/mol. The van der Waals surface area contributed by atoms with E-state index in [1.807, 2.05) is 0 Å². The number of esters is 1. The van der Waals surface area contributed by atoms with E-state index in [0.717, 1.165) is 16.0 Å². The van der Waals surface area contributed by atoms with Crippen LogP contribution in [0.15, 0.2) is 23.0 Å². The number of amides is 2. The van der Waals surface area contributed by atoms with Gasteiger partial charge in [0, 0.05) is 51.2 Å². The van der Waals surface area contributed by atoms with Crippen LogP contribution < -0.4 is 10.2 Å². The van der Waals surface area contributed by atoms with Gasteiger partial charge >= 0.3 is 10.8 Å². The zero-order valence-corrected chi connectivity index (χ0v) is 18.8. The van der Waals surface area contributed by atoms with E-state index in [-0.39, 0.29) is 42.7 Å². The molecule has 0 spiro atoms. The van der Waals surface area contributed by atoms with Crippen molar-refractivity contribution in [3.8, 4) is 0 Å². The van der Waals surface area contributed by atoms with Gasteiger partial charge in [0.2, 0.25) is 11.8 Å². The molecule has 2 amide bonds. The number of carbonyl (C=O) groups excluding carboxylic acids is 3. The average Bonchev–Trinajstić information content (AvgIpc) is 3.06. The fraction of sp³-hybridized carbons (Fsp3) is 0.500. The summed E-state index contributed by atoms with van der Waals surface area (Å²) in [5, 5.41) is 2.98. The number of aromatic nitrogens is 1. The average molecular weight is 469 g/mol. The molecule has 0 unspecified atom stereocenters. The van der Waals surface area contributed by atoms with Crippen molar-refractivity contribution in [1.82, 2.24) is 19.7 Å². The number of fused-ring (bicyclic) bond motifs is 1. The number of benzene rings is 1. The smallest absolute Gasteiger partial charge is 0.308 e. The number of carbonyl (C=O) groups is 3. The third-order valence-electron chi connectivity index (χ3n) is 5.15. The minimum absolute atomic E-state index is 0.0118. The first-order valence-electron chi connectivity index (χ1n) is 10.0. The summed E-state index contributed by atoms with van der Waals surface area (Å²) in [5.41, 5.74) is 0.674. The highest BCUT2D eigenvalue weighted by Crippen LogP contribution is 2.21. The molecule has 1 fully saturated rings. The van der Waals surface area contributed by atoms with E-state index >= 15 is 0 Å². The quantitative estimate of drug-likeness (QED) is 0.578. The molecule has 2 aromatic rings. The zero-order valence-electron chi connectivity index (χ0n) is 17.3. The van der Waals surface area contributed by atoms with E-state index in [2.05, 4.69) is 10.2 Å². The predicted molar refractivity (Wildman–Crippen MR) is 118 cm³/mol. The van der Waals surface area contributed by atoms with E-state index in [0.29, 0.717) is 43.3 Å². The summed E-state index contributed by atoms with van der Waals surface area (Å²) in [6.07, 6.45) is 0.175. The molecule has 0 atom stereocenters. The van der Waals surface area contributed by atoms with Gasteiger partial charge in [-0.15, -0.1) is 0 Å². The third kappa shape index (κ3) is 6.28. The lowest BCUT2D eigenvalue weighted by atomic mass is 10.3. The predicted octanol–water partition coefficient (Wildman–Crippen LogP) is 0.930. The van der Waals surface area contributed by atoms with Crippen LogP contribution in [0.3, 0.4) is 0 Å². The van der Waals surface area contributed by atoms with Gasteiger partial charge in [0.25, 0.3) is 0 Å². The third-order valence-corrected chi connectivity index (χ3v) is 6.35. The molecule has 1 aromatic heterocycles. The van der Waals surface area contributed by atoms with Crippen molar-refractivity contribution >= 4 is 50.9 Å². The van der Waals surface area contributed by atoms with Gasteiger partial charge in [-0.2, -0.15) is 0 Å². The second kappa shape index (κ2) is 10.7. The van der Waals surface area contributed by atoms with Crippen molar-refractivity contribution in [3.05, 3.63) is 32.9 Å². The Labute approximate surface area is 188 Å². The van der Waals surface area contributed by atoms with Gasteiger partial charge in [0.05, 0.1) is 16.6 Å². The standard InChI is InChI=1S/C20H25ClN4O5S/c1-22-17(26)4-5-19(28)30-11-10-23-6-8-24(9-7-23)18(27)13-25-15-12-14(21)2-3-16(15)31-20(25)29/h2-3,12H,4-11,13H2,1H3,(H,22,26). The van der Waals surface area contributed by atoms with Gasteiger partial charge in [-0.3, -0.25) is 28.6 Å². The van der Waals surface area contributed by atoms with Crippen LogP contribution in [0.2, 0.25) is 5.02 Å². The Balaban J connectivity index is 1.43. The number of nitrogens with zero attached hydrogens (tertiary/aromatic N) is 3. The van der Waals surface area contributed by atoms with Crippen LogP contribution in [0, 0.1) is 0 Å². The van der Waals surface area contributed by atoms with Crippen molar-refractivity contribution in [3.63, 3.8) is 0 Å². The molecule has 2 heterocycles. The molecule has 1 aromatic carbocycles. The van der Waals surface area contributed by atoms with Crippen molar-refractivity contribution in [2.24, 2.45) is 0 Å². The van der Waals surface area contributed by atoms with Gasteiger partial charge in [-0.05, 0) is 18.2 Å². The molecule has 0 radical (unpaired) electrons. The number of ether oxygens (including phenoxy) is 1. The monoisotopic (exact) mass is 468 g/mol. The van der Waals surface area contributed by atoms with Crippen molar-refractivity contribution in [2.75, 3.05) is 46.4 Å². The number of rotatable bonds is 8.